The molecule has 0 bridgehead atoms. The first-order chi connectivity index (χ1) is 13.3. The molecule has 1 aliphatic rings. The van der Waals surface area contributed by atoms with E-state index in [1.165, 1.54) is 6.26 Å². The van der Waals surface area contributed by atoms with Crippen molar-refractivity contribution in [1.82, 2.24) is 14.6 Å². The number of likely N-dealkylation sites (tertiary alicyclic amines) is 1. The van der Waals surface area contributed by atoms with Gasteiger partial charge in [0.15, 0.2) is 5.69 Å². The Hall–Kier alpha value is -2.19. The topological polar surface area (TPSA) is 92.5 Å². The van der Waals surface area contributed by atoms with Gasteiger partial charge in [-0.3, -0.25) is 4.79 Å². The highest BCUT2D eigenvalue weighted by Crippen LogP contribution is 2.25. The highest BCUT2D eigenvalue weighted by atomic mass is 32.2. The molecule has 152 valence electrons. The van der Waals surface area contributed by atoms with Crippen molar-refractivity contribution in [2.24, 2.45) is 5.92 Å². The second kappa shape index (κ2) is 8.45. The fourth-order valence-electron chi connectivity index (χ4n) is 3.35. The van der Waals surface area contributed by atoms with Crippen LogP contribution in [0.3, 0.4) is 0 Å². The number of carbonyl (C=O) groups is 1. The third-order valence-corrected chi connectivity index (χ3v) is 6.58. The lowest BCUT2D eigenvalue weighted by molar-refractivity contribution is 0.0718. The van der Waals surface area contributed by atoms with E-state index < -0.39 is 16.1 Å². The van der Waals surface area contributed by atoms with E-state index in [1.807, 2.05) is 13.8 Å². The quantitative estimate of drug-likeness (QED) is 0.796. The Morgan fingerprint density at radius 3 is 2.50 bits per heavy atom. The zero-order valence-corrected chi connectivity index (χ0v) is 17.3. The largest absolute Gasteiger partial charge is 0.446 e. The number of aryl methyl sites for hydroxylation is 1. The molecule has 28 heavy (non-hydrogen) atoms. The first-order valence-electron chi connectivity index (χ1n) is 9.62. The number of amides is 1. The predicted molar refractivity (Wildman–Crippen MR) is 105 cm³/mol. The number of oxazole rings is 1. The van der Waals surface area contributed by atoms with Gasteiger partial charge in [0, 0.05) is 13.1 Å². The van der Waals surface area contributed by atoms with E-state index in [9.17, 15) is 13.2 Å². The molecule has 1 atom stereocenters. The average molecular weight is 406 g/mol. The molecule has 3 rings (SSSR count). The minimum absolute atomic E-state index is 0.115. The number of hydrogen-bond donors (Lipinski definition) is 1. The lowest BCUT2D eigenvalue weighted by atomic mass is 10.1. The van der Waals surface area contributed by atoms with Gasteiger partial charge in [-0.05, 0) is 43.7 Å². The third-order valence-electron chi connectivity index (χ3n) is 4.98. The van der Waals surface area contributed by atoms with Crippen LogP contribution in [-0.4, -0.2) is 37.3 Å². The highest BCUT2D eigenvalue weighted by molar-refractivity contribution is 7.89. The number of nitrogens with one attached hydrogen (secondary N) is 1. The van der Waals surface area contributed by atoms with E-state index in [1.54, 1.807) is 36.1 Å². The Bertz CT molecular complexity index is 930. The molecule has 1 aromatic carbocycles. The van der Waals surface area contributed by atoms with Gasteiger partial charge in [0.1, 0.15) is 12.3 Å². The Balaban J connectivity index is 1.82. The summed E-state index contributed by atoms with van der Waals surface area (Å²) in [5, 5.41) is 0. The van der Waals surface area contributed by atoms with Gasteiger partial charge in [-0.25, -0.2) is 13.4 Å². The SMILES string of the molecule is Cc1ccccc1S(=O)(=O)N[C@H](c1nc(C(=O)N2CCCCC2)co1)C(C)C. The molecule has 0 unspecified atom stereocenters. The zero-order valence-electron chi connectivity index (χ0n) is 16.5. The smallest absolute Gasteiger partial charge is 0.275 e. The van der Waals surface area contributed by atoms with Gasteiger partial charge in [-0.1, -0.05) is 32.0 Å². The highest BCUT2D eigenvalue weighted by Gasteiger charge is 2.30. The van der Waals surface area contributed by atoms with Crippen LogP contribution in [0.1, 0.15) is 61.1 Å². The third kappa shape index (κ3) is 4.44. The van der Waals surface area contributed by atoms with E-state index >= 15 is 0 Å². The molecule has 7 nitrogen and oxygen atoms in total. The lowest BCUT2D eigenvalue weighted by Crippen LogP contribution is -2.36. The summed E-state index contributed by atoms with van der Waals surface area (Å²) in [4.78, 5) is 18.9. The van der Waals surface area contributed by atoms with Crippen LogP contribution in [-0.2, 0) is 10.0 Å². The molecule has 1 fully saturated rings. The minimum Gasteiger partial charge on any atom is -0.446 e. The number of nitrogens with zero attached hydrogens (tertiary/aromatic N) is 2. The zero-order chi connectivity index (χ0) is 20.3. The van der Waals surface area contributed by atoms with Gasteiger partial charge in [0.25, 0.3) is 5.91 Å². The van der Waals surface area contributed by atoms with Crippen LogP contribution in [0.5, 0.6) is 0 Å². The molecule has 8 heteroatoms. The van der Waals surface area contributed by atoms with Gasteiger partial charge in [-0.15, -0.1) is 0 Å². The first kappa shape index (κ1) is 20.5. The minimum atomic E-state index is -3.76. The van der Waals surface area contributed by atoms with Gasteiger partial charge in [0.05, 0.1) is 4.90 Å². The summed E-state index contributed by atoms with van der Waals surface area (Å²) in [7, 11) is -3.76. The number of benzene rings is 1. The maximum absolute atomic E-state index is 12.9. The molecule has 0 saturated carbocycles. The fourth-order valence-corrected chi connectivity index (χ4v) is 4.93. The maximum Gasteiger partial charge on any atom is 0.275 e. The summed E-state index contributed by atoms with van der Waals surface area (Å²) in [5.41, 5.74) is 0.878. The molecule has 1 N–H and O–H groups in total. The molecule has 1 saturated heterocycles. The summed E-state index contributed by atoms with van der Waals surface area (Å²) in [6.07, 6.45) is 4.43. The monoisotopic (exact) mass is 405 g/mol. The van der Waals surface area contributed by atoms with Crippen molar-refractivity contribution < 1.29 is 17.6 Å². The standard InChI is InChI=1S/C20H27N3O4S/c1-14(2)18(22-28(25,26)17-10-6-5-9-15(17)3)19-21-16(13-27-19)20(24)23-11-7-4-8-12-23/h5-6,9-10,13-14,18,22H,4,7-8,11-12H2,1-3H3/t18-/m0/s1. The lowest BCUT2D eigenvalue weighted by Gasteiger charge is -2.25. The Labute approximate surface area is 166 Å². The molecular weight excluding hydrogens is 378 g/mol. The van der Waals surface area contributed by atoms with Crippen molar-refractivity contribution in [3.63, 3.8) is 0 Å². The van der Waals surface area contributed by atoms with E-state index in [4.69, 9.17) is 4.42 Å². The molecule has 0 radical (unpaired) electrons. The van der Waals surface area contributed by atoms with Crippen LogP contribution in [0.25, 0.3) is 0 Å². The van der Waals surface area contributed by atoms with Gasteiger partial charge < -0.3 is 9.32 Å². The number of aromatic nitrogens is 1. The van der Waals surface area contributed by atoms with Crippen molar-refractivity contribution in [1.29, 1.82) is 0 Å². The van der Waals surface area contributed by atoms with Crippen molar-refractivity contribution in [2.75, 3.05) is 13.1 Å². The number of rotatable bonds is 6. The predicted octanol–water partition coefficient (Wildman–Crippen LogP) is 3.28. The fraction of sp³-hybridized carbons (Fsp3) is 0.500. The average Bonchev–Trinajstić information content (AvgIpc) is 3.16. The molecule has 0 aliphatic carbocycles. The first-order valence-corrected chi connectivity index (χ1v) is 11.1. The van der Waals surface area contributed by atoms with E-state index in [-0.39, 0.29) is 28.3 Å². The molecule has 1 aliphatic heterocycles. The number of piperidine rings is 1. The van der Waals surface area contributed by atoms with Crippen molar-refractivity contribution in [2.45, 2.75) is 51.0 Å². The molecule has 1 amide bonds. The van der Waals surface area contributed by atoms with Crippen LogP contribution in [0.2, 0.25) is 0 Å². The summed E-state index contributed by atoms with van der Waals surface area (Å²) < 4.78 is 34.0. The Morgan fingerprint density at radius 1 is 1.18 bits per heavy atom. The van der Waals surface area contributed by atoms with E-state index in [0.717, 1.165) is 19.3 Å². The number of carbonyl (C=O) groups excluding carboxylic acids is 1. The van der Waals surface area contributed by atoms with Crippen molar-refractivity contribution in [3.05, 3.63) is 47.7 Å². The summed E-state index contributed by atoms with van der Waals surface area (Å²) in [6.45, 7) is 6.94. The van der Waals surface area contributed by atoms with E-state index in [2.05, 4.69) is 9.71 Å². The second-order valence-corrected chi connectivity index (χ2v) is 9.21. The Morgan fingerprint density at radius 2 is 1.86 bits per heavy atom. The van der Waals surface area contributed by atoms with Crippen LogP contribution in [0.15, 0.2) is 39.8 Å². The van der Waals surface area contributed by atoms with Gasteiger partial charge in [-0.2, -0.15) is 4.72 Å². The van der Waals surface area contributed by atoms with E-state index in [0.29, 0.717) is 18.7 Å². The normalized spacial score (nSPS) is 16.4. The second-order valence-electron chi connectivity index (χ2n) is 7.53. The summed E-state index contributed by atoms with van der Waals surface area (Å²) in [5.74, 6) is -0.0816. The Kier molecular flexibility index (Phi) is 6.20. The number of hydrogen-bond acceptors (Lipinski definition) is 5. The molecule has 2 aromatic rings. The molecule has 2 heterocycles. The maximum atomic E-state index is 12.9. The van der Waals surface area contributed by atoms with Crippen LogP contribution in [0, 0.1) is 12.8 Å². The summed E-state index contributed by atoms with van der Waals surface area (Å²) in [6, 6.07) is 6.12. The van der Waals surface area contributed by atoms with Crippen LogP contribution >= 0.6 is 0 Å². The number of sulfonamides is 1. The summed E-state index contributed by atoms with van der Waals surface area (Å²) >= 11 is 0. The molecule has 1 aromatic heterocycles. The van der Waals surface area contributed by atoms with Crippen molar-refractivity contribution >= 4 is 15.9 Å². The van der Waals surface area contributed by atoms with Crippen LogP contribution < -0.4 is 4.72 Å². The van der Waals surface area contributed by atoms with Gasteiger partial charge in [0.2, 0.25) is 15.9 Å². The van der Waals surface area contributed by atoms with Crippen molar-refractivity contribution in [3.8, 4) is 0 Å². The molecule has 0 spiro atoms. The van der Waals surface area contributed by atoms with Gasteiger partial charge >= 0.3 is 0 Å². The van der Waals surface area contributed by atoms with Crippen LogP contribution in [0.4, 0.5) is 0 Å². The molecular formula is C20H27N3O4S.